The van der Waals surface area contributed by atoms with Crippen LogP contribution in [0.25, 0.3) is 0 Å². The summed E-state index contributed by atoms with van der Waals surface area (Å²) < 4.78 is 5.57. The van der Waals surface area contributed by atoms with Gasteiger partial charge in [0.15, 0.2) is 5.96 Å². The highest BCUT2D eigenvalue weighted by molar-refractivity contribution is 5.93. The van der Waals surface area contributed by atoms with Crippen molar-refractivity contribution in [1.82, 2.24) is 0 Å². The highest BCUT2D eigenvalue weighted by Crippen LogP contribution is 2.35. The van der Waals surface area contributed by atoms with Crippen molar-refractivity contribution in [1.29, 1.82) is 0 Å². The first-order valence-corrected chi connectivity index (χ1v) is 7.95. The number of methoxy groups -OCH3 is 1. The van der Waals surface area contributed by atoms with Crippen molar-refractivity contribution in [3.05, 3.63) is 29.3 Å². The van der Waals surface area contributed by atoms with E-state index in [1.807, 2.05) is 0 Å². The average molecular weight is 287 g/mol. The van der Waals surface area contributed by atoms with Crippen LogP contribution in [0.1, 0.15) is 43.2 Å². The Kier molecular flexibility index (Phi) is 4.15. The maximum absolute atomic E-state index is 6.06. The molecule has 0 aliphatic heterocycles. The summed E-state index contributed by atoms with van der Waals surface area (Å²) in [6.45, 7) is 0.650. The van der Waals surface area contributed by atoms with Crippen LogP contribution < -0.4 is 11.1 Å². The number of fused-ring (bicyclic) bond motifs is 1. The van der Waals surface area contributed by atoms with Gasteiger partial charge < -0.3 is 15.8 Å². The molecular weight excluding hydrogens is 262 g/mol. The van der Waals surface area contributed by atoms with E-state index in [0.717, 1.165) is 24.9 Å². The predicted octanol–water partition coefficient (Wildman–Crippen LogP) is 2.86. The van der Waals surface area contributed by atoms with Gasteiger partial charge in [0.05, 0.1) is 12.1 Å². The highest BCUT2D eigenvalue weighted by Gasteiger charge is 2.36. The number of ether oxygens (including phenoxy) is 1. The van der Waals surface area contributed by atoms with Gasteiger partial charge in [-0.3, -0.25) is 4.99 Å². The summed E-state index contributed by atoms with van der Waals surface area (Å²) in [4.78, 5) is 4.49. The summed E-state index contributed by atoms with van der Waals surface area (Å²) in [7, 11) is 1.77. The van der Waals surface area contributed by atoms with Gasteiger partial charge in [-0.15, -0.1) is 0 Å². The molecule has 0 atom stereocenters. The number of hydrogen-bond donors (Lipinski definition) is 2. The van der Waals surface area contributed by atoms with Gasteiger partial charge in [-0.05, 0) is 62.1 Å². The number of guanidine groups is 1. The van der Waals surface area contributed by atoms with Gasteiger partial charge in [0, 0.05) is 12.8 Å². The number of nitrogens with zero attached hydrogens (tertiary/aromatic N) is 1. The van der Waals surface area contributed by atoms with E-state index in [-0.39, 0.29) is 5.60 Å². The van der Waals surface area contributed by atoms with E-state index in [0.29, 0.717) is 12.5 Å². The number of aliphatic imine (C=N–C) groups is 1. The van der Waals surface area contributed by atoms with E-state index >= 15 is 0 Å². The van der Waals surface area contributed by atoms with E-state index in [4.69, 9.17) is 10.5 Å². The molecule has 4 nitrogen and oxygen atoms in total. The summed E-state index contributed by atoms with van der Waals surface area (Å²) in [6, 6.07) is 6.42. The molecule has 114 valence electrons. The number of aryl methyl sites for hydroxylation is 1. The molecule has 3 N–H and O–H groups in total. The smallest absolute Gasteiger partial charge is 0.193 e. The molecular formula is C17H25N3O. The maximum atomic E-state index is 6.06. The third-order valence-corrected chi connectivity index (χ3v) is 4.89. The second-order valence-corrected chi connectivity index (χ2v) is 6.22. The molecule has 2 aliphatic rings. The number of rotatable bonds is 4. The Morgan fingerprint density at radius 2 is 2.10 bits per heavy atom. The molecule has 2 aliphatic carbocycles. The Morgan fingerprint density at radius 3 is 2.81 bits per heavy atom. The van der Waals surface area contributed by atoms with E-state index in [1.165, 1.54) is 36.8 Å². The van der Waals surface area contributed by atoms with Crippen LogP contribution in [0, 0.1) is 0 Å². The van der Waals surface area contributed by atoms with Gasteiger partial charge in [0.25, 0.3) is 0 Å². The van der Waals surface area contributed by atoms with Crippen molar-refractivity contribution < 1.29 is 4.74 Å². The lowest BCUT2D eigenvalue weighted by atomic mass is 9.80. The number of anilines is 1. The minimum atomic E-state index is -0.0670. The van der Waals surface area contributed by atoms with Gasteiger partial charge in [0.1, 0.15) is 0 Å². The first-order chi connectivity index (χ1) is 10.2. The molecule has 0 heterocycles. The molecule has 1 aromatic carbocycles. The second-order valence-electron chi connectivity index (χ2n) is 6.22. The minimum absolute atomic E-state index is 0.0670. The lowest BCUT2D eigenvalue weighted by Crippen LogP contribution is -2.43. The Morgan fingerprint density at radius 1 is 1.29 bits per heavy atom. The molecule has 4 heteroatoms. The molecule has 0 bridgehead atoms. The van der Waals surface area contributed by atoms with Gasteiger partial charge >= 0.3 is 0 Å². The van der Waals surface area contributed by atoms with Crippen molar-refractivity contribution in [3.8, 4) is 0 Å². The monoisotopic (exact) mass is 287 g/mol. The SMILES string of the molecule is COC1(CN=C(N)Nc2cccc3c2CCCC3)CCC1. The zero-order chi connectivity index (χ0) is 14.7. The zero-order valence-corrected chi connectivity index (χ0v) is 12.8. The zero-order valence-electron chi connectivity index (χ0n) is 12.8. The maximum Gasteiger partial charge on any atom is 0.193 e. The molecule has 21 heavy (non-hydrogen) atoms. The summed E-state index contributed by atoms with van der Waals surface area (Å²) in [5, 5.41) is 3.29. The summed E-state index contributed by atoms with van der Waals surface area (Å²) >= 11 is 0. The number of nitrogens with two attached hydrogens (primary N) is 1. The number of nitrogens with one attached hydrogen (secondary N) is 1. The summed E-state index contributed by atoms with van der Waals surface area (Å²) in [5.41, 5.74) is 9.97. The summed E-state index contributed by atoms with van der Waals surface area (Å²) in [5.74, 6) is 0.497. The molecule has 0 radical (unpaired) electrons. The lowest BCUT2D eigenvalue weighted by Gasteiger charge is -2.39. The van der Waals surface area contributed by atoms with E-state index in [9.17, 15) is 0 Å². The molecule has 1 fully saturated rings. The molecule has 1 aromatic rings. The first kappa shape index (κ1) is 14.4. The Labute approximate surface area is 126 Å². The quantitative estimate of drug-likeness (QED) is 0.661. The van der Waals surface area contributed by atoms with Crippen molar-refractivity contribution in [2.75, 3.05) is 19.0 Å². The normalized spacial score (nSPS) is 20.5. The Hall–Kier alpha value is -1.55. The van der Waals surface area contributed by atoms with E-state index in [2.05, 4.69) is 28.5 Å². The molecule has 0 amide bonds. The molecule has 0 spiro atoms. The lowest BCUT2D eigenvalue weighted by molar-refractivity contribution is -0.0629. The first-order valence-electron chi connectivity index (χ1n) is 7.95. The van der Waals surface area contributed by atoms with E-state index < -0.39 is 0 Å². The molecule has 0 aromatic heterocycles. The Bertz CT molecular complexity index is 529. The second kappa shape index (κ2) is 6.06. The van der Waals surface area contributed by atoms with Crippen LogP contribution in [-0.4, -0.2) is 25.2 Å². The van der Waals surface area contributed by atoms with Gasteiger partial charge in [-0.25, -0.2) is 0 Å². The topological polar surface area (TPSA) is 59.6 Å². The predicted molar refractivity (Wildman–Crippen MR) is 86.8 cm³/mol. The Balaban J connectivity index is 1.68. The fourth-order valence-electron chi connectivity index (χ4n) is 3.30. The number of benzene rings is 1. The van der Waals surface area contributed by atoms with Crippen LogP contribution in [0.4, 0.5) is 5.69 Å². The van der Waals surface area contributed by atoms with Crippen LogP contribution in [0.2, 0.25) is 0 Å². The molecule has 0 unspecified atom stereocenters. The van der Waals surface area contributed by atoms with Crippen LogP contribution in [0.5, 0.6) is 0 Å². The van der Waals surface area contributed by atoms with Gasteiger partial charge in [0.2, 0.25) is 0 Å². The van der Waals surface area contributed by atoms with Crippen LogP contribution in [-0.2, 0) is 17.6 Å². The summed E-state index contributed by atoms with van der Waals surface area (Å²) in [6.07, 6.45) is 8.25. The minimum Gasteiger partial charge on any atom is -0.376 e. The van der Waals surface area contributed by atoms with Crippen molar-refractivity contribution in [3.63, 3.8) is 0 Å². The van der Waals surface area contributed by atoms with Crippen LogP contribution >= 0.6 is 0 Å². The highest BCUT2D eigenvalue weighted by atomic mass is 16.5. The van der Waals surface area contributed by atoms with Crippen LogP contribution in [0.15, 0.2) is 23.2 Å². The molecule has 1 saturated carbocycles. The third-order valence-electron chi connectivity index (χ3n) is 4.89. The van der Waals surface area contributed by atoms with E-state index in [1.54, 1.807) is 7.11 Å². The molecule has 0 saturated heterocycles. The van der Waals surface area contributed by atoms with Gasteiger partial charge in [-0.1, -0.05) is 12.1 Å². The molecule has 3 rings (SSSR count). The van der Waals surface area contributed by atoms with Crippen molar-refractivity contribution in [2.24, 2.45) is 10.7 Å². The number of hydrogen-bond acceptors (Lipinski definition) is 2. The van der Waals surface area contributed by atoms with Crippen molar-refractivity contribution >= 4 is 11.6 Å². The average Bonchev–Trinajstić information content (AvgIpc) is 2.47. The van der Waals surface area contributed by atoms with Gasteiger partial charge in [-0.2, -0.15) is 0 Å². The van der Waals surface area contributed by atoms with Crippen LogP contribution in [0.3, 0.4) is 0 Å². The van der Waals surface area contributed by atoms with Crippen molar-refractivity contribution in [2.45, 2.75) is 50.5 Å². The fraction of sp³-hybridized carbons (Fsp3) is 0.588. The third kappa shape index (κ3) is 3.05. The standard InChI is InChI=1S/C17H25N3O/c1-21-17(10-5-11-17)12-19-16(18)20-15-9-4-7-13-6-2-3-8-14(13)15/h4,7,9H,2-3,5-6,8,10-12H2,1H3,(H3,18,19,20). The fourth-order valence-corrected chi connectivity index (χ4v) is 3.30. The largest absolute Gasteiger partial charge is 0.376 e.